The molecule has 0 aliphatic carbocycles. The Balaban J connectivity index is 1.42. The van der Waals surface area contributed by atoms with Crippen molar-refractivity contribution in [2.45, 2.75) is 52.6 Å². The van der Waals surface area contributed by atoms with Crippen molar-refractivity contribution in [1.82, 2.24) is 25.1 Å². The standard InChI is InChI=1S/C20H31N7O/c1-4-21-20-22-9-5-18(24-20)26-10-7-17(8-11-26)13-19(28)23-16(3)14-27-12-6-15(2)25-27/h5-6,9,12,16-17H,4,7-8,10-11,13-14H2,1-3H3,(H,23,28)(H,21,22,24). The molecule has 1 aliphatic rings. The third-order valence-corrected chi connectivity index (χ3v) is 5.03. The Labute approximate surface area is 166 Å². The van der Waals surface area contributed by atoms with Gasteiger partial charge in [0.1, 0.15) is 5.82 Å². The Morgan fingerprint density at radius 3 is 2.79 bits per heavy atom. The average molecular weight is 386 g/mol. The van der Waals surface area contributed by atoms with Crippen molar-refractivity contribution in [3.63, 3.8) is 0 Å². The minimum Gasteiger partial charge on any atom is -0.356 e. The molecule has 1 atom stereocenters. The van der Waals surface area contributed by atoms with E-state index in [1.807, 2.05) is 43.8 Å². The van der Waals surface area contributed by atoms with Gasteiger partial charge in [-0.05, 0) is 51.7 Å². The summed E-state index contributed by atoms with van der Waals surface area (Å²) in [5, 5.41) is 10.6. The fourth-order valence-electron chi connectivity index (χ4n) is 3.62. The third-order valence-electron chi connectivity index (χ3n) is 5.03. The number of amides is 1. The van der Waals surface area contributed by atoms with E-state index in [1.165, 1.54) is 0 Å². The number of hydrogen-bond donors (Lipinski definition) is 2. The van der Waals surface area contributed by atoms with Crippen molar-refractivity contribution in [3.8, 4) is 0 Å². The van der Waals surface area contributed by atoms with Crippen LogP contribution in [0, 0.1) is 12.8 Å². The first-order valence-corrected chi connectivity index (χ1v) is 10.1. The van der Waals surface area contributed by atoms with Crippen LogP contribution in [0.2, 0.25) is 0 Å². The van der Waals surface area contributed by atoms with Crippen LogP contribution >= 0.6 is 0 Å². The molecular weight excluding hydrogens is 354 g/mol. The van der Waals surface area contributed by atoms with E-state index >= 15 is 0 Å². The molecule has 1 unspecified atom stereocenters. The number of nitrogens with one attached hydrogen (secondary N) is 2. The van der Waals surface area contributed by atoms with Crippen molar-refractivity contribution in [2.24, 2.45) is 5.92 Å². The predicted molar refractivity (Wildman–Crippen MR) is 110 cm³/mol. The first kappa shape index (κ1) is 20.1. The van der Waals surface area contributed by atoms with Crippen LogP contribution in [0.5, 0.6) is 0 Å². The number of carbonyl (C=O) groups excluding carboxylic acids is 1. The molecule has 0 radical (unpaired) electrons. The van der Waals surface area contributed by atoms with E-state index in [9.17, 15) is 4.79 Å². The van der Waals surface area contributed by atoms with Gasteiger partial charge < -0.3 is 15.5 Å². The van der Waals surface area contributed by atoms with Gasteiger partial charge in [0.2, 0.25) is 11.9 Å². The summed E-state index contributed by atoms with van der Waals surface area (Å²) in [6.45, 7) is 9.36. The fraction of sp³-hybridized carbons (Fsp3) is 0.600. The van der Waals surface area contributed by atoms with Crippen molar-refractivity contribution in [1.29, 1.82) is 0 Å². The Kier molecular flexibility index (Phi) is 6.84. The second-order valence-electron chi connectivity index (χ2n) is 7.55. The highest BCUT2D eigenvalue weighted by molar-refractivity contribution is 5.76. The number of aryl methyl sites for hydroxylation is 1. The first-order valence-electron chi connectivity index (χ1n) is 10.1. The van der Waals surface area contributed by atoms with Crippen LogP contribution in [-0.2, 0) is 11.3 Å². The van der Waals surface area contributed by atoms with Gasteiger partial charge >= 0.3 is 0 Å². The van der Waals surface area contributed by atoms with Crippen LogP contribution in [0.3, 0.4) is 0 Å². The lowest BCUT2D eigenvalue weighted by molar-refractivity contribution is -0.122. The zero-order valence-corrected chi connectivity index (χ0v) is 17.1. The number of anilines is 2. The molecule has 28 heavy (non-hydrogen) atoms. The van der Waals surface area contributed by atoms with E-state index in [2.05, 4.69) is 30.6 Å². The number of aromatic nitrogens is 4. The summed E-state index contributed by atoms with van der Waals surface area (Å²) in [4.78, 5) is 23.5. The monoisotopic (exact) mass is 385 g/mol. The molecule has 2 N–H and O–H groups in total. The molecule has 1 fully saturated rings. The second kappa shape index (κ2) is 9.52. The van der Waals surface area contributed by atoms with Crippen molar-refractivity contribution in [2.75, 3.05) is 29.9 Å². The lowest BCUT2D eigenvalue weighted by Crippen LogP contribution is -2.39. The second-order valence-corrected chi connectivity index (χ2v) is 7.55. The van der Waals surface area contributed by atoms with Crippen LogP contribution < -0.4 is 15.5 Å². The summed E-state index contributed by atoms with van der Waals surface area (Å²) in [6.07, 6.45) is 6.33. The molecule has 2 aromatic rings. The molecular formula is C20H31N7O. The Bertz CT molecular complexity index is 767. The van der Waals surface area contributed by atoms with Gasteiger partial charge in [-0.3, -0.25) is 9.48 Å². The van der Waals surface area contributed by atoms with Gasteiger partial charge in [-0.1, -0.05) is 0 Å². The third kappa shape index (κ3) is 5.68. The highest BCUT2D eigenvalue weighted by atomic mass is 16.1. The number of rotatable bonds is 8. The van der Waals surface area contributed by atoms with Gasteiger partial charge in [0.25, 0.3) is 0 Å². The van der Waals surface area contributed by atoms with Crippen LogP contribution in [0.1, 0.15) is 38.8 Å². The molecule has 3 heterocycles. The highest BCUT2D eigenvalue weighted by Crippen LogP contribution is 2.24. The SMILES string of the molecule is CCNc1nccc(N2CCC(CC(=O)NC(C)Cn3ccc(C)n3)CC2)n1. The molecule has 152 valence electrons. The maximum atomic E-state index is 12.4. The van der Waals surface area contributed by atoms with Crippen molar-refractivity contribution < 1.29 is 4.79 Å². The largest absolute Gasteiger partial charge is 0.356 e. The Morgan fingerprint density at radius 2 is 2.11 bits per heavy atom. The van der Waals surface area contributed by atoms with Gasteiger partial charge in [-0.15, -0.1) is 0 Å². The minimum absolute atomic E-state index is 0.0670. The lowest BCUT2D eigenvalue weighted by atomic mass is 9.93. The number of piperidine rings is 1. The van der Waals surface area contributed by atoms with E-state index in [4.69, 9.17) is 0 Å². The smallest absolute Gasteiger partial charge is 0.224 e. The maximum absolute atomic E-state index is 12.4. The number of hydrogen-bond acceptors (Lipinski definition) is 6. The zero-order valence-electron chi connectivity index (χ0n) is 17.1. The summed E-state index contributed by atoms with van der Waals surface area (Å²) in [5.41, 5.74) is 0.992. The molecule has 1 amide bonds. The quantitative estimate of drug-likeness (QED) is 0.724. The van der Waals surface area contributed by atoms with E-state index in [-0.39, 0.29) is 11.9 Å². The molecule has 0 aromatic carbocycles. The Morgan fingerprint density at radius 1 is 1.32 bits per heavy atom. The molecule has 0 spiro atoms. The van der Waals surface area contributed by atoms with Crippen LogP contribution in [0.4, 0.5) is 11.8 Å². The van der Waals surface area contributed by atoms with Gasteiger partial charge in [-0.25, -0.2) is 4.98 Å². The molecule has 8 heteroatoms. The molecule has 0 bridgehead atoms. The summed E-state index contributed by atoms with van der Waals surface area (Å²) < 4.78 is 1.88. The summed E-state index contributed by atoms with van der Waals surface area (Å²) in [7, 11) is 0. The van der Waals surface area contributed by atoms with E-state index < -0.39 is 0 Å². The normalized spacial score (nSPS) is 16.0. The van der Waals surface area contributed by atoms with Crippen molar-refractivity contribution in [3.05, 3.63) is 30.2 Å². The summed E-state index contributed by atoms with van der Waals surface area (Å²) >= 11 is 0. The molecule has 1 aliphatic heterocycles. The van der Waals surface area contributed by atoms with Crippen LogP contribution in [0.15, 0.2) is 24.5 Å². The fourth-order valence-corrected chi connectivity index (χ4v) is 3.62. The maximum Gasteiger partial charge on any atom is 0.224 e. The molecule has 1 saturated heterocycles. The minimum atomic E-state index is 0.0670. The van der Waals surface area contributed by atoms with E-state index in [1.54, 1.807) is 6.20 Å². The topological polar surface area (TPSA) is 88.0 Å². The molecule has 2 aromatic heterocycles. The first-order chi connectivity index (χ1) is 13.5. The molecule has 8 nitrogen and oxygen atoms in total. The number of nitrogens with zero attached hydrogens (tertiary/aromatic N) is 5. The zero-order chi connectivity index (χ0) is 19.9. The van der Waals surface area contributed by atoms with Crippen LogP contribution in [0.25, 0.3) is 0 Å². The Hall–Kier alpha value is -2.64. The van der Waals surface area contributed by atoms with E-state index in [0.717, 1.165) is 44.0 Å². The predicted octanol–water partition coefficient (Wildman–Crippen LogP) is 2.22. The molecule has 0 saturated carbocycles. The van der Waals surface area contributed by atoms with Crippen LogP contribution in [-0.4, -0.2) is 51.3 Å². The van der Waals surface area contributed by atoms with Gasteiger partial charge in [0.05, 0.1) is 12.2 Å². The lowest BCUT2D eigenvalue weighted by Gasteiger charge is -2.32. The van der Waals surface area contributed by atoms with Crippen molar-refractivity contribution >= 4 is 17.7 Å². The number of carbonyl (C=O) groups is 1. The van der Waals surface area contributed by atoms with Gasteiger partial charge in [-0.2, -0.15) is 10.1 Å². The molecule has 3 rings (SSSR count). The average Bonchev–Trinajstić information content (AvgIpc) is 3.07. The summed E-state index contributed by atoms with van der Waals surface area (Å²) in [6, 6.07) is 3.99. The summed E-state index contributed by atoms with van der Waals surface area (Å²) in [5.74, 6) is 2.18. The highest BCUT2D eigenvalue weighted by Gasteiger charge is 2.23. The van der Waals surface area contributed by atoms with Gasteiger partial charge in [0, 0.05) is 44.5 Å². The van der Waals surface area contributed by atoms with Gasteiger partial charge in [0.15, 0.2) is 0 Å². The van der Waals surface area contributed by atoms with E-state index in [0.29, 0.717) is 24.8 Å².